The molecule has 0 radical (unpaired) electrons. The Kier molecular flexibility index (Phi) is 5.73. The van der Waals surface area contributed by atoms with E-state index in [1.807, 2.05) is 36.7 Å². The summed E-state index contributed by atoms with van der Waals surface area (Å²) in [4.78, 5) is 16.2. The van der Waals surface area contributed by atoms with Crippen molar-refractivity contribution in [3.63, 3.8) is 0 Å². The van der Waals surface area contributed by atoms with Crippen molar-refractivity contribution in [2.24, 2.45) is 0 Å². The molecule has 1 amide bonds. The lowest BCUT2D eigenvalue weighted by molar-refractivity contribution is -0.00408. The van der Waals surface area contributed by atoms with Crippen LogP contribution in [0.25, 0.3) is 16.6 Å². The quantitative estimate of drug-likeness (QED) is 0.616. The number of carbonyl (C=O) groups is 1. The van der Waals surface area contributed by atoms with Gasteiger partial charge in [-0.05, 0) is 49.9 Å². The van der Waals surface area contributed by atoms with Crippen molar-refractivity contribution in [1.29, 1.82) is 0 Å². The number of rotatable bonds is 7. The molecule has 0 aliphatic heterocycles. The predicted octanol–water partition coefficient (Wildman–Crippen LogP) is 3.06. The summed E-state index contributed by atoms with van der Waals surface area (Å²) < 4.78 is 12.6. The third-order valence-electron chi connectivity index (χ3n) is 5.31. The van der Waals surface area contributed by atoms with E-state index in [1.165, 1.54) is 0 Å². The second-order valence-corrected chi connectivity index (χ2v) is 7.20. The Morgan fingerprint density at radius 3 is 2.89 bits per heavy atom. The summed E-state index contributed by atoms with van der Waals surface area (Å²) in [6.07, 6.45) is 9.50. The number of methoxy groups -OCH3 is 1. The first-order valence-corrected chi connectivity index (χ1v) is 9.77. The number of aromatic nitrogens is 3. The molecule has 0 atom stereocenters. The number of nitrogens with zero attached hydrogens (tertiary/aromatic N) is 2. The molecule has 28 heavy (non-hydrogen) atoms. The van der Waals surface area contributed by atoms with Gasteiger partial charge in [-0.2, -0.15) is 5.10 Å². The number of carbonyl (C=O) groups excluding carboxylic acids is 1. The minimum absolute atomic E-state index is 0.0507. The molecule has 1 aliphatic carbocycles. The Labute approximate surface area is 164 Å². The summed E-state index contributed by atoms with van der Waals surface area (Å²) in [5.74, 6) is -0.0507. The van der Waals surface area contributed by atoms with E-state index in [2.05, 4.69) is 15.4 Å². The van der Waals surface area contributed by atoms with Gasteiger partial charge in [0.1, 0.15) is 0 Å². The molecule has 3 aromatic rings. The number of H-pyrrole nitrogens is 1. The van der Waals surface area contributed by atoms with Gasteiger partial charge in [-0.3, -0.25) is 4.79 Å². The van der Waals surface area contributed by atoms with Crippen molar-refractivity contribution in [2.45, 2.75) is 37.8 Å². The van der Waals surface area contributed by atoms with Crippen LogP contribution in [0.3, 0.4) is 0 Å². The number of fused-ring (bicyclic) bond motifs is 1. The fourth-order valence-electron chi connectivity index (χ4n) is 3.82. The van der Waals surface area contributed by atoms with Crippen LogP contribution in [0.5, 0.6) is 0 Å². The normalized spacial score (nSPS) is 19.8. The van der Waals surface area contributed by atoms with E-state index >= 15 is 0 Å². The van der Waals surface area contributed by atoms with Crippen LogP contribution in [0.15, 0.2) is 42.9 Å². The number of aromatic amines is 1. The highest BCUT2D eigenvalue weighted by atomic mass is 16.5. The second kappa shape index (κ2) is 8.58. The van der Waals surface area contributed by atoms with E-state index in [9.17, 15) is 4.79 Å². The number of benzene rings is 1. The molecule has 7 heteroatoms. The van der Waals surface area contributed by atoms with Crippen LogP contribution in [-0.2, 0) is 9.47 Å². The highest BCUT2D eigenvalue weighted by Crippen LogP contribution is 2.24. The number of hydrogen-bond acceptors (Lipinski definition) is 4. The zero-order chi connectivity index (χ0) is 19.3. The van der Waals surface area contributed by atoms with E-state index in [-0.39, 0.29) is 18.1 Å². The molecule has 1 aliphatic rings. The van der Waals surface area contributed by atoms with Gasteiger partial charge in [-0.1, -0.05) is 0 Å². The topological polar surface area (TPSA) is 81.2 Å². The number of amides is 1. The van der Waals surface area contributed by atoms with Crippen molar-refractivity contribution in [2.75, 3.05) is 20.3 Å². The monoisotopic (exact) mass is 382 g/mol. The van der Waals surface area contributed by atoms with Gasteiger partial charge in [-0.15, -0.1) is 0 Å². The standard InChI is InChI=1S/C21H26N4O3/c1-27-11-12-28-18-5-3-16(4-6-18)24-21(26)19-14-17(25-10-2-8-23-25)13-15-7-9-22-20(15)19/h2,7-10,13-14,16,18,22H,3-6,11-12H2,1H3,(H,24,26). The molecule has 2 aromatic heterocycles. The van der Waals surface area contributed by atoms with Gasteiger partial charge in [0, 0.05) is 37.1 Å². The lowest BCUT2D eigenvalue weighted by atomic mass is 9.92. The van der Waals surface area contributed by atoms with Gasteiger partial charge in [-0.25, -0.2) is 4.68 Å². The summed E-state index contributed by atoms with van der Waals surface area (Å²) in [6.45, 7) is 1.25. The van der Waals surface area contributed by atoms with Gasteiger partial charge < -0.3 is 19.8 Å². The molecule has 148 valence electrons. The summed E-state index contributed by atoms with van der Waals surface area (Å²) in [6, 6.07) is 7.93. The Bertz CT molecular complexity index is 911. The number of hydrogen-bond donors (Lipinski definition) is 2. The lowest BCUT2D eigenvalue weighted by Crippen LogP contribution is -2.39. The molecule has 0 spiro atoms. The number of ether oxygens (including phenoxy) is 2. The molecule has 2 heterocycles. The van der Waals surface area contributed by atoms with E-state index in [1.54, 1.807) is 18.0 Å². The SMILES string of the molecule is COCCOC1CCC(NC(=O)c2cc(-n3cccn3)cc3cc[nH]c23)CC1. The molecule has 2 N–H and O–H groups in total. The van der Waals surface area contributed by atoms with E-state index in [0.717, 1.165) is 42.3 Å². The Morgan fingerprint density at radius 1 is 1.29 bits per heavy atom. The smallest absolute Gasteiger partial charge is 0.253 e. The zero-order valence-electron chi connectivity index (χ0n) is 16.1. The first-order valence-electron chi connectivity index (χ1n) is 9.77. The third-order valence-corrected chi connectivity index (χ3v) is 5.31. The van der Waals surface area contributed by atoms with E-state index in [0.29, 0.717) is 18.8 Å². The molecular formula is C21H26N4O3. The zero-order valence-corrected chi connectivity index (χ0v) is 16.1. The maximum Gasteiger partial charge on any atom is 0.253 e. The molecule has 4 rings (SSSR count). The van der Waals surface area contributed by atoms with Crippen molar-refractivity contribution >= 4 is 16.8 Å². The van der Waals surface area contributed by atoms with Gasteiger partial charge in [0.25, 0.3) is 5.91 Å². The lowest BCUT2D eigenvalue weighted by Gasteiger charge is -2.29. The Balaban J connectivity index is 1.44. The molecule has 0 saturated heterocycles. The largest absolute Gasteiger partial charge is 0.382 e. The molecule has 0 unspecified atom stereocenters. The molecule has 0 bridgehead atoms. The molecule has 1 aromatic carbocycles. The minimum Gasteiger partial charge on any atom is -0.382 e. The highest BCUT2D eigenvalue weighted by molar-refractivity contribution is 6.06. The van der Waals surface area contributed by atoms with Crippen molar-refractivity contribution < 1.29 is 14.3 Å². The van der Waals surface area contributed by atoms with E-state index in [4.69, 9.17) is 9.47 Å². The summed E-state index contributed by atoms with van der Waals surface area (Å²) in [5.41, 5.74) is 2.37. The van der Waals surface area contributed by atoms with Crippen LogP contribution in [0.1, 0.15) is 36.0 Å². The molecule has 7 nitrogen and oxygen atoms in total. The fourth-order valence-corrected chi connectivity index (χ4v) is 3.82. The van der Waals surface area contributed by atoms with Crippen LogP contribution in [0, 0.1) is 0 Å². The Morgan fingerprint density at radius 2 is 2.14 bits per heavy atom. The summed E-state index contributed by atoms with van der Waals surface area (Å²) >= 11 is 0. The van der Waals surface area contributed by atoms with Crippen LogP contribution in [0.4, 0.5) is 0 Å². The Hall–Kier alpha value is -2.64. The maximum absolute atomic E-state index is 13.0. The van der Waals surface area contributed by atoms with E-state index < -0.39 is 0 Å². The third kappa shape index (κ3) is 4.10. The van der Waals surface area contributed by atoms with Crippen molar-refractivity contribution in [1.82, 2.24) is 20.1 Å². The first-order chi connectivity index (χ1) is 13.7. The van der Waals surface area contributed by atoms with Gasteiger partial charge in [0.15, 0.2) is 0 Å². The molecule has 1 saturated carbocycles. The highest BCUT2D eigenvalue weighted by Gasteiger charge is 2.24. The van der Waals surface area contributed by atoms with Gasteiger partial charge >= 0.3 is 0 Å². The predicted molar refractivity (Wildman–Crippen MR) is 107 cm³/mol. The fraction of sp³-hybridized carbons (Fsp3) is 0.429. The second-order valence-electron chi connectivity index (χ2n) is 7.20. The van der Waals surface area contributed by atoms with Crippen LogP contribution < -0.4 is 5.32 Å². The van der Waals surface area contributed by atoms with Crippen LogP contribution in [0.2, 0.25) is 0 Å². The number of nitrogens with one attached hydrogen (secondary N) is 2. The van der Waals surface area contributed by atoms with Crippen molar-refractivity contribution in [3.05, 3.63) is 48.4 Å². The maximum atomic E-state index is 13.0. The summed E-state index contributed by atoms with van der Waals surface area (Å²) in [5, 5.41) is 8.49. The summed E-state index contributed by atoms with van der Waals surface area (Å²) in [7, 11) is 1.68. The molecule has 1 fully saturated rings. The van der Waals surface area contributed by atoms with Crippen LogP contribution >= 0.6 is 0 Å². The van der Waals surface area contributed by atoms with Gasteiger partial charge in [0.2, 0.25) is 0 Å². The molecular weight excluding hydrogens is 356 g/mol. The van der Waals surface area contributed by atoms with Crippen LogP contribution in [-0.4, -0.2) is 53.1 Å². The average Bonchev–Trinajstić information content (AvgIpc) is 3.40. The minimum atomic E-state index is -0.0507. The van der Waals surface area contributed by atoms with Crippen molar-refractivity contribution in [3.8, 4) is 5.69 Å². The first kappa shape index (κ1) is 18.7. The average molecular weight is 382 g/mol. The van der Waals surface area contributed by atoms with Gasteiger partial charge in [0.05, 0.1) is 36.1 Å².